The molecule has 0 heterocycles. The maximum atomic E-state index is 10.2. The Balaban J connectivity index is 0.000000171. The summed E-state index contributed by atoms with van der Waals surface area (Å²) in [5.41, 5.74) is 1.49. The fourth-order valence-electron chi connectivity index (χ4n) is 1.10. The van der Waals surface area contributed by atoms with Crippen molar-refractivity contribution in [2.75, 3.05) is 0 Å². The summed E-state index contributed by atoms with van der Waals surface area (Å²) in [7, 11) is 0. The average Bonchev–Trinajstić information content (AvgIpc) is 2.41. The molecule has 0 aliphatic heterocycles. The first-order chi connectivity index (χ1) is 8.27. The third-order valence-corrected chi connectivity index (χ3v) is 2.95. The smallest absolute Gasteiger partial charge is 0.151 e. The molecule has 0 aliphatic rings. The number of hydrogen-bond acceptors (Lipinski definition) is 2. The van der Waals surface area contributed by atoms with E-state index in [0.29, 0.717) is 0 Å². The highest BCUT2D eigenvalue weighted by molar-refractivity contribution is 14.1. The Labute approximate surface area is 114 Å². The highest BCUT2D eigenvalue weighted by Gasteiger charge is 1.91. The number of halogens is 1. The predicted octanol–water partition coefficient (Wildman–Crippen LogP) is 3.60. The Morgan fingerprint density at radius 2 is 1.35 bits per heavy atom. The van der Waals surface area contributed by atoms with Crippen molar-refractivity contribution >= 4 is 35.2 Å². The third-order valence-electron chi connectivity index (χ3n) is 1.97. The first-order valence-corrected chi connectivity index (χ1v) is 6.05. The van der Waals surface area contributed by atoms with Gasteiger partial charge >= 0.3 is 0 Å². The van der Waals surface area contributed by atoms with Crippen molar-refractivity contribution in [2.24, 2.45) is 0 Å². The van der Waals surface area contributed by atoms with Crippen LogP contribution in [0.5, 0.6) is 0 Å². The summed E-state index contributed by atoms with van der Waals surface area (Å²) in [5, 5.41) is 0. The van der Waals surface area contributed by atoms with Crippen LogP contribution in [0.3, 0.4) is 0 Å². The van der Waals surface area contributed by atoms with Crippen molar-refractivity contribution in [1.82, 2.24) is 0 Å². The Bertz CT molecular complexity index is 481. The second kappa shape index (κ2) is 7.73. The zero-order valence-corrected chi connectivity index (χ0v) is 11.2. The van der Waals surface area contributed by atoms with E-state index in [1.807, 2.05) is 36.4 Å². The van der Waals surface area contributed by atoms with Crippen molar-refractivity contribution in [3.8, 4) is 0 Å². The maximum absolute atomic E-state index is 10.2. The number of rotatable bonds is 2. The largest absolute Gasteiger partial charge is 0.298 e. The summed E-state index contributed by atoms with van der Waals surface area (Å²) in [5.74, 6) is 0. The molecule has 0 unspecified atom stereocenters. The second-order valence-corrected chi connectivity index (χ2v) is 4.33. The summed E-state index contributed by atoms with van der Waals surface area (Å²) >= 11 is 2.13. The molecule has 0 N–H and O–H groups in total. The zero-order chi connectivity index (χ0) is 12.5. The van der Waals surface area contributed by atoms with Gasteiger partial charge in [0.1, 0.15) is 6.29 Å². The van der Waals surface area contributed by atoms with Crippen molar-refractivity contribution in [2.45, 2.75) is 0 Å². The number of aldehydes is 2. The molecule has 2 rings (SSSR count). The molecule has 2 aromatic rings. The van der Waals surface area contributed by atoms with E-state index in [-0.39, 0.29) is 0 Å². The zero-order valence-electron chi connectivity index (χ0n) is 9.05. The highest BCUT2D eigenvalue weighted by atomic mass is 127. The van der Waals surface area contributed by atoms with Gasteiger partial charge < -0.3 is 0 Å². The summed E-state index contributed by atoms with van der Waals surface area (Å²) in [6, 6.07) is 16.6. The fourth-order valence-corrected chi connectivity index (χ4v) is 1.62. The Morgan fingerprint density at radius 3 is 1.76 bits per heavy atom. The summed E-state index contributed by atoms with van der Waals surface area (Å²) < 4.78 is 1.00. The van der Waals surface area contributed by atoms with Gasteiger partial charge in [-0.2, -0.15) is 0 Å². The molecular formula is C14H11IO2. The van der Waals surface area contributed by atoms with Crippen LogP contribution in [0, 0.1) is 3.57 Å². The first-order valence-electron chi connectivity index (χ1n) is 4.98. The lowest BCUT2D eigenvalue weighted by molar-refractivity contribution is 0.111. The normalized spacial score (nSPS) is 8.76. The van der Waals surface area contributed by atoms with E-state index in [4.69, 9.17) is 0 Å². The van der Waals surface area contributed by atoms with E-state index in [2.05, 4.69) is 22.6 Å². The number of carbonyl (C=O) groups excluding carboxylic acids is 2. The number of carbonyl (C=O) groups is 2. The van der Waals surface area contributed by atoms with Crippen molar-refractivity contribution in [3.63, 3.8) is 0 Å². The van der Waals surface area contributed by atoms with Crippen LogP contribution < -0.4 is 0 Å². The van der Waals surface area contributed by atoms with Gasteiger partial charge in [-0.15, -0.1) is 0 Å². The standard InChI is InChI=1S/C7H5IO.C7H6O/c8-7-4-2-1-3-6(7)5-9;8-6-7-4-2-1-3-5-7/h1-5H;1-6H. The molecule has 0 radical (unpaired) electrons. The van der Waals surface area contributed by atoms with Crippen LogP contribution >= 0.6 is 22.6 Å². The lowest BCUT2D eigenvalue weighted by atomic mass is 10.2. The molecule has 3 heteroatoms. The van der Waals surface area contributed by atoms with Gasteiger partial charge in [0.2, 0.25) is 0 Å². The molecule has 0 aromatic heterocycles. The summed E-state index contributed by atoms with van der Waals surface area (Å²) in [4.78, 5) is 20.2. The van der Waals surface area contributed by atoms with Crippen LogP contribution in [-0.2, 0) is 0 Å². The Kier molecular flexibility index (Phi) is 6.17. The third kappa shape index (κ3) is 4.91. The van der Waals surface area contributed by atoms with Crippen molar-refractivity contribution in [1.29, 1.82) is 0 Å². The Morgan fingerprint density at radius 1 is 0.765 bits per heavy atom. The second-order valence-electron chi connectivity index (χ2n) is 3.17. The van der Waals surface area contributed by atoms with E-state index >= 15 is 0 Å². The van der Waals surface area contributed by atoms with Gasteiger partial charge in [0.05, 0.1) is 0 Å². The van der Waals surface area contributed by atoms with Gasteiger partial charge in [-0.25, -0.2) is 0 Å². The van der Waals surface area contributed by atoms with E-state index in [9.17, 15) is 9.59 Å². The van der Waals surface area contributed by atoms with E-state index in [1.54, 1.807) is 18.2 Å². The molecule has 0 spiro atoms. The van der Waals surface area contributed by atoms with Crippen molar-refractivity contribution in [3.05, 3.63) is 69.3 Å². The van der Waals surface area contributed by atoms with E-state index in [1.165, 1.54) is 0 Å². The first kappa shape index (κ1) is 13.6. The van der Waals surface area contributed by atoms with E-state index < -0.39 is 0 Å². The molecule has 86 valence electrons. The molecule has 0 aliphatic carbocycles. The molecule has 0 bridgehead atoms. The molecule has 2 aromatic carbocycles. The fraction of sp³-hybridized carbons (Fsp3) is 0. The number of benzene rings is 2. The summed E-state index contributed by atoms with van der Waals surface area (Å²) in [6.07, 6.45) is 1.70. The molecule has 0 saturated carbocycles. The minimum absolute atomic E-state index is 0.729. The molecule has 17 heavy (non-hydrogen) atoms. The maximum Gasteiger partial charge on any atom is 0.151 e. The van der Waals surface area contributed by atoms with Gasteiger partial charge in [0, 0.05) is 14.7 Å². The monoisotopic (exact) mass is 338 g/mol. The van der Waals surface area contributed by atoms with Crippen LogP contribution in [0.4, 0.5) is 0 Å². The molecule has 0 atom stereocenters. The van der Waals surface area contributed by atoms with Crippen molar-refractivity contribution < 1.29 is 9.59 Å². The molecule has 0 saturated heterocycles. The SMILES string of the molecule is O=Cc1ccccc1.O=Cc1ccccc1I. The molecule has 0 fully saturated rings. The van der Waals surface area contributed by atoms with Crippen LogP contribution in [0.2, 0.25) is 0 Å². The minimum Gasteiger partial charge on any atom is -0.298 e. The quantitative estimate of drug-likeness (QED) is 0.619. The minimum atomic E-state index is 0.729. The summed E-state index contributed by atoms with van der Waals surface area (Å²) in [6.45, 7) is 0. The van der Waals surface area contributed by atoms with Crippen LogP contribution in [0.25, 0.3) is 0 Å². The lowest BCUT2D eigenvalue weighted by Crippen LogP contribution is -1.81. The Hall–Kier alpha value is -1.49. The van der Waals surface area contributed by atoms with Gasteiger partial charge in [0.15, 0.2) is 6.29 Å². The molecular weight excluding hydrogens is 327 g/mol. The van der Waals surface area contributed by atoms with Crippen LogP contribution in [0.1, 0.15) is 20.7 Å². The van der Waals surface area contributed by atoms with Gasteiger partial charge in [-0.1, -0.05) is 48.5 Å². The number of hydrogen-bond donors (Lipinski definition) is 0. The van der Waals surface area contributed by atoms with Crippen LogP contribution in [0.15, 0.2) is 54.6 Å². The topological polar surface area (TPSA) is 34.1 Å². The van der Waals surface area contributed by atoms with Gasteiger partial charge in [0.25, 0.3) is 0 Å². The van der Waals surface area contributed by atoms with E-state index in [0.717, 1.165) is 27.3 Å². The molecule has 2 nitrogen and oxygen atoms in total. The molecule has 0 amide bonds. The highest BCUT2D eigenvalue weighted by Crippen LogP contribution is 2.07. The predicted molar refractivity (Wildman–Crippen MR) is 76.4 cm³/mol. The van der Waals surface area contributed by atoms with Gasteiger partial charge in [-0.05, 0) is 28.7 Å². The van der Waals surface area contributed by atoms with Gasteiger partial charge in [-0.3, -0.25) is 9.59 Å². The average molecular weight is 338 g/mol. The lowest BCUT2D eigenvalue weighted by Gasteiger charge is -1.90. The van der Waals surface area contributed by atoms with Crippen LogP contribution in [-0.4, -0.2) is 12.6 Å².